The third-order valence-electron chi connectivity index (χ3n) is 4.64. The molecule has 2 N–H and O–H groups in total. The van der Waals surface area contributed by atoms with Gasteiger partial charge in [-0.15, -0.1) is 12.4 Å². The largest absolute Gasteiger partial charge is 0.379 e. The van der Waals surface area contributed by atoms with E-state index in [4.69, 9.17) is 10.5 Å². The van der Waals surface area contributed by atoms with Gasteiger partial charge in [0.25, 0.3) is 0 Å². The van der Waals surface area contributed by atoms with E-state index >= 15 is 0 Å². The van der Waals surface area contributed by atoms with Gasteiger partial charge in [0.2, 0.25) is 11.8 Å². The molecule has 0 aromatic heterocycles. The minimum Gasteiger partial charge on any atom is -0.379 e. The standard InChI is InChI=1S/C16H30N4O3.ClH/c1-3-4-16(2,17)15(22)20-7-5-19(6-8-20)14(21)13-18-9-11-23-12-10-18;/h3-13,17H2,1-2H3;1H. The summed E-state index contributed by atoms with van der Waals surface area (Å²) in [6.07, 6.45) is 1.57. The average Bonchev–Trinajstić information content (AvgIpc) is 2.55. The number of hydrogen-bond acceptors (Lipinski definition) is 5. The first kappa shape index (κ1) is 21.2. The zero-order valence-electron chi connectivity index (χ0n) is 14.8. The smallest absolute Gasteiger partial charge is 0.242 e. The van der Waals surface area contributed by atoms with E-state index in [-0.39, 0.29) is 24.2 Å². The normalized spacial score (nSPS) is 21.8. The van der Waals surface area contributed by atoms with Crippen LogP contribution in [0.4, 0.5) is 0 Å². The van der Waals surface area contributed by atoms with Gasteiger partial charge in [-0.2, -0.15) is 0 Å². The fourth-order valence-corrected chi connectivity index (χ4v) is 3.20. The van der Waals surface area contributed by atoms with Gasteiger partial charge in [-0.05, 0) is 13.3 Å². The van der Waals surface area contributed by atoms with Crippen molar-refractivity contribution < 1.29 is 14.3 Å². The van der Waals surface area contributed by atoms with Gasteiger partial charge in [-0.25, -0.2) is 0 Å². The van der Waals surface area contributed by atoms with E-state index in [1.165, 1.54) is 0 Å². The van der Waals surface area contributed by atoms with E-state index in [0.717, 1.165) is 19.5 Å². The van der Waals surface area contributed by atoms with Crippen molar-refractivity contribution in [2.75, 3.05) is 59.0 Å². The summed E-state index contributed by atoms with van der Waals surface area (Å²) in [5, 5.41) is 0. The van der Waals surface area contributed by atoms with E-state index in [2.05, 4.69) is 4.90 Å². The fourth-order valence-electron chi connectivity index (χ4n) is 3.20. The predicted molar refractivity (Wildman–Crippen MR) is 95.2 cm³/mol. The number of carbonyl (C=O) groups is 2. The van der Waals surface area contributed by atoms with Crippen LogP contribution >= 0.6 is 12.4 Å². The maximum atomic E-state index is 12.5. The number of rotatable bonds is 5. The first-order chi connectivity index (χ1) is 10.9. The second-order valence-electron chi connectivity index (χ2n) is 6.73. The summed E-state index contributed by atoms with van der Waals surface area (Å²) < 4.78 is 5.30. The maximum Gasteiger partial charge on any atom is 0.242 e. The van der Waals surface area contributed by atoms with Crippen LogP contribution in [0.25, 0.3) is 0 Å². The Morgan fingerprint density at radius 1 is 1.04 bits per heavy atom. The van der Waals surface area contributed by atoms with Crippen molar-refractivity contribution in [3.05, 3.63) is 0 Å². The summed E-state index contributed by atoms with van der Waals surface area (Å²) in [5.74, 6) is 0.141. The molecule has 2 saturated heterocycles. The third-order valence-corrected chi connectivity index (χ3v) is 4.64. The SMILES string of the molecule is CCCC(C)(N)C(=O)N1CCN(C(=O)CN2CCOCC2)CC1.Cl. The summed E-state index contributed by atoms with van der Waals surface area (Å²) in [4.78, 5) is 30.6. The van der Waals surface area contributed by atoms with E-state index in [0.29, 0.717) is 52.4 Å². The first-order valence-corrected chi connectivity index (χ1v) is 8.60. The molecule has 1 unspecified atom stereocenters. The monoisotopic (exact) mass is 362 g/mol. The van der Waals surface area contributed by atoms with Crippen LogP contribution in [0.1, 0.15) is 26.7 Å². The Kier molecular flexibility index (Phi) is 8.42. The number of morpholine rings is 1. The molecule has 1 atom stereocenters. The molecule has 2 aliphatic rings. The molecule has 2 heterocycles. The van der Waals surface area contributed by atoms with Crippen LogP contribution in [0.3, 0.4) is 0 Å². The van der Waals surface area contributed by atoms with Gasteiger partial charge in [-0.1, -0.05) is 13.3 Å². The van der Waals surface area contributed by atoms with Crippen molar-refractivity contribution in [3.63, 3.8) is 0 Å². The number of piperazine rings is 1. The second kappa shape index (κ2) is 9.56. The lowest BCUT2D eigenvalue weighted by Crippen LogP contribution is -2.59. The van der Waals surface area contributed by atoms with E-state index in [9.17, 15) is 9.59 Å². The molecule has 8 heteroatoms. The van der Waals surface area contributed by atoms with Gasteiger partial charge in [0.05, 0.1) is 25.3 Å². The lowest BCUT2D eigenvalue weighted by atomic mass is 9.95. The quantitative estimate of drug-likeness (QED) is 0.740. The Hall–Kier alpha value is -0.890. The number of halogens is 1. The van der Waals surface area contributed by atoms with Gasteiger partial charge in [0.1, 0.15) is 0 Å². The molecule has 2 fully saturated rings. The topological polar surface area (TPSA) is 79.1 Å². The Labute approximate surface area is 150 Å². The Balaban J connectivity index is 0.00000288. The minimum absolute atomic E-state index is 0. The lowest BCUT2D eigenvalue weighted by molar-refractivity contribution is -0.143. The molecule has 7 nitrogen and oxygen atoms in total. The van der Waals surface area contributed by atoms with Crippen molar-refractivity contribution in [2.45, 2.75) is 32.2 Å². The molecule has 2 rings (SSSR count). The third kappa shape index (κ3) is 5.58. The van der Waals surface area contributed by atoms with Crippen LogP contribution in [-0.4, -0.2) is 91.1 Å². The highest BCUT2D eigenvalue weighted by Gasteiger charge is 2.34. The highest BCUT2D eigenvalue weighted by Crippen LogP contribution is 2.15. The maximum absolute atomic E-state index is 12.5. The molecular weight excluding hydrogens is 332 g/mol. The van der Waals surface area contributed by atoms with Gasteiger partial charge in [0, 0.05) is 39.3 Å². The summed E-state index contributed by atoms with van der Waals surface area (Å²) >= 11 is 0. The van der Waals surface area contributed by atoms with Crippen molar-refractivity contribution in [3.8, 4) is 0 Å². The van der Waals surface area contributed by atoms with Crippen LogP contribution < -0.4 is 5.73 Å². The van der Waals surface area contributed by atoms with Crippen LogP contribution in [0.15, 0.2) is 0 Å². The van der Waals surface area contributed by atoms with Gasteiger partial charge < -0.3 is 20.3 Å². The number of nitrogens with zero attached hydrogens (tertiary/aromatic N) is 3. The molecule has 0 bridgehead atoms. The van der Waals surface area contributed by atoms with E-state index < -0.39 is 5.54 Å². The van der Waals surface area contributed by atoms with Crippen molar-refractivity contribution in [1.82, 2.24) is 14.7 Å². The number of amides is 2. The molecule has 24 heavy (non-hydrogen) atoms. The molecule has 2 aliphatic heterocycles. The predicted octanol–water partition coefficient (Wildman–Crippen LogP) is -0.0713. The highest BCUT2D eigenvalue weighted by molar-refractivity contribution is 5.86. The summed E-state index contributed by atoms with van der Waals surface area (Å²) in [6, 6.07) is 0. The van der Waals surface area contributed by atoms with Crippen molar-refractivity contribution in [1.29, 1.82) is 0 Å². The molecule has 0 saturated carbocycles. The summed E-state index contributed by atoms with van der Waals surface area (Å²) in [7, 11) is 0. The molecule has 0 aliphatic carbocycles. The fraction of sp³-hybridized carbons (Fsp3) is 0.875. The molecule has 140 valence electrons. The Morgan fingerprint density at radius 3 is 2.12 bits per heavy atom. The molecule has 0 aromatic rings. The molecular formula is C16H31ClN4O3. The number of hydrogen-bond donors (Lipinski definition) is 1. The zero-order chi connectivity index (χ0) is 16.9. The lowest BCUT2D eigenvalue weighted by Gasteiger charge is -2.39. The minimum atomic E-state index is -0.797. The van der Waals surface area contributed by atoms with Crippen molar-refractivity contribution in [2.24, 2.45) is 5.73 Å². The Morgan fingerprint density at radius 2 is 1.58 bits per heavy atom. The van der Waals surface area contributed by atoms with E-state index in [1.807, 2.05) is 11.8 Å². The van der Waals surface area contributed by atoms with E-state index in [1.54, 1.807) is 11.8 Å². The Bertz CT molecular complexity index is 420. The molecule has 0 radical (unpaired) electrons. The molecule has 2 amide bonds. The number of carbonyl (C=O) groups excluding carboxylic acids is 2. The summed E-state index contributed by atoms with van der Waals surface area (Å²) in [5.41, 5.74) is 5.33. The zero-order valence-corrected chi connectivity index (χ0v) is 15.6. The molecule has 0 aromatic carbocycles. The highest BCUT2D eigenvalue weighted by atomic mass is 35.5. The average molecular weight is 363 g/mol. The van der Waals surface area contributed by atoms with Crippen LogP contribution in [0.2, 0.25) is 0 Å². The van der Waals surface area contributed by atoms with Crippen LogP contribution in [-0.2, 0) is 14.3 Å². The first-order valence-electron chi connectivity index (χ1n) is 8.60. The van der Waals surface area contributed by atoms with Gasteiger partial charge >= 0.3 is 0 Å². The van der Waals surface area contributed by atoms with Crippen LogP contribution in [0, 0.1) is 0 Å². The van der Waals surface area contributed by atoms with Gasteiger partial charge in [-0.3, -0.25) is 14.5 Å². The number of nitrogens with two attached hydrogens (primary N) is 1. The van der Waals surface area contributed by atoms with Crippen molar-refractivity contribution >= 4 is 24.2 Å². The summed E-state index contributed by atoms with van der Waals surface area (Å²) in [6.45, 7) is 9.63. The molecule has 0 spiro atoms. The van der Waals surface area contributed by atoms with Gasteiger partial charge in [0.15, 0.2) is 0 Å². The number of ether oxygens (including phenoxy) is 1. The van der Waals surface area contributed by atoms with Crippen LogP contribution in [0.5, 0.6) is 0 Å². The second-order valence-corrected chi connectivity index (χ2v) is 6.73.